The van der Waals surface area contributed by atoms with Gasteiger partial charge in [-0.25, -0.2) is 0 Å². The molecule has 2 N–H and O–H groups in total. The first-order valence-electron chi connectivity index (χ1n) is 10.0. The van der Waals surface area contributed by atoms with Crippen molar-refractivity contribution in [3.63, 3.8) is 0 Å². The molecule has 3 aromatic rings. The van der Waals surface area contributed by atoms with E-state index in [0.717, 1.165) is 17.7 Å². The third-order valence-electron chi connectivity index (χ3n) is 5.32. The molecule has 29 heavy (non-hydrogen) atoms. The summed E-state index contributed by atoms with van der Waals surface area (Å²) in [5.41, 5.74) is 5.43. The van der Waals surface area contributed by atoms with Gasteiger partial charge >= 0.3 is 5.97 Å². The van der Waals surface area contributed by atoms with E-state index in [1.807, 2.05) is 30.3 Å². The lowest BCUT2D eigenvalue weighted by Crippen LogP contribution is -2.12. The highest BCUT2D eigenvalue weighted by molar-refractivity contribution is 5.71. The van der Waals surface area contributed by atoms with E-state index >= 15 is 0 Å². The Labute approximate surface area is 171 Å². The maximum absolute atomic E-state index is 11.1. The van der Waals surface area contributed by atoms with Crippen molar-refractivity contribution in [3.05, 3.63) is 89.5 Å². The van der Waals surface area contributed by atoms with Crippen LogP contribution in [-0.2, 0) is 17.8 Å². The number of nitrogens with one attached hydrogen (secondary N) is 1. The lowest BCUT2D eigenvalue weighted by Gasteiger charge is -2.13. The predicted octanol–water partition coefficient (Wildman–Crippen LogP) is 4.98. The Morgan fingerprint density at radius 1 is 1.00 bits per heavy atom. The second-order valence-electron chi connectivity index (χ2n) is 7.44. The van der Waals surface area contributed by atoms with Gasteiger partial charge in [0.15, 0.2) is 0 Å². The second kappa shape index (κ2) is 8.93. The minimum absolute atomic E-state index is 0.0434. The van der Waals surface area contributed by atoms with Crippen LogP contribution in [0.25, 0.3) is 11.1 Å². The Kier molecular flexibility index (Phi) is 5.92. The molecule has 1 saturated heterocycles. The van der Waals surface area contributed by atoms with Crippen molar-refractivity contribution in [1.29, 1.82) is 0 Å². The monoisotopic (exact) mass is 387 g/mol. The number of carbonyl (C=O) groups is 1. The Morgan fingerprint density at radius 2 is 1.79 bits per heavy atom. The van der Waals surface area contributed by atoms with E-state index in [0.29, 0.717) is 24.0 Å². The van der Waals surface area contributed by atoms with Crippen molar-refractivity contribution in [2.75, 3.05) is 6.54 Å². The van der Waals surface area contributed by atoms with Crippen LogP contribution >= 0.6 is 0 Å². The van der Waals surface area contributed by atoms with Crippen LogP contribution in [0.2, 0.25) is 0 Å². The summed E-state index contributed by atoms with van der Waals surface area (Å²) in [6.45, 7) is 1.49. The largest absolute Gasteiger partial charge is 0.489 e. The van der Waals surface area contributed by atoms with Crippen molar-refractivity contribution in [2.24, 2.45) is 0 Å². The molecular weight excluding hydrogens is 362 g/mol. The van der Waals surface area contributed by atoms with Gasteiger partial charge in [0, 0.05) is 11.6 Å². The van der Waals surface area contributed by atoms with Gasteiger partial charge in [-0.3, -0.25) is 4.79 Å². The maximum atomic E-state index is 11.1. The van der Waals surface area contributed by atoms with Gasteiger partial charge in [-0.1, -0.05) is 54.6 Å². The standard InChI is InChI=1S/C25H25NO3/c27-25(28)16-22-7-1-2-12-24(22)29-17-18-6-3-8-19(14-18)20-9-4-10-21(15-20)23-11-5-13-26-23/h1-4,6-10,12,14-15,23,26H,5,11,13,16-17H2,(H,27,28)/t23-/m0/s1. The molecule has 4 heteroatoms. The molecule has 0 unspecified atom stereocenters. The average molecular weight is 387 g/mol. The minimum Gasteiger partial charge on any atom is -0.489 e. The number of hydrogen-bond donors (Lipinski definition) is 2. The van der Waals surface area contributed by atoms with Crippen LogP contribution in [0, 0.1) is 0 Å². The first-order chi connectivity index (χ1) is 14.2. The zero-order valence-corrected chi connectivity index (χ0v) is 16.3. The molecule has 1 heterocycles. The fraction of sp³-hybridized carbons (Fsp3) is 0.240. The van der Waals surface area contributed by atoms with E-state index in [1.54, 1.807) is 6.07 Å². The number of ether oxygens (including phenoxy) is 1. The topological polar surface area (TPSA) is 58.6 Å². The lowest BCUT2D eigenvalue weighted by molar-refractivity contribution is -0.136. The fourth-order valence-electron chi connectivity index (χ4n) is 3.86. The molecular formula is C25H25NO3. The lowest BCUT2D eigenvalue weighted by atomic mass is 9.98. The molecule has 1 aliphatic rings. The van der Waals surface area contributed by atoms with Crippen LogP contribution in [-0.4, -0.2) is 17.6 Å². The van der Waals surface area contributed by atoms with E-state index in [9.17, 15) is 4.79 Å². The van der Waals surface area contributed by atoms with Gasteiger partial charge in [-0.05, 0) is 59.8 Å². The van der Waals surface area contributed by atoms with Crippen molar-refractivity contribution in [1.82, 2.24) is 5.32 Å². The van der Waals surface area contributed by atoms with Gasteiger partial charge in [0.25, 0.3) is 0 Å². The van der Waals surface area contributed by atoms with Crippen molar-refractivity contribution in [3.8, 4) is 16.9 Å². The molecule has 0 spiro atoms. The van der Waals surface area contributed by atoms with E-state index in [4.69, 9.17) is 9.84 Å². The average Bonchev–Trinajstić information content (AvgIpc) is 3.28. The normalized spacial score (nSPS) is 15.9. The number of benzene rings is 3. The summed E-state index contributed by atoms with van der Waals surface area (Å²) in [7, 11) is 0. The van der Waals surface area contributed by atoms with Crippen LogP contribution in [0.5, 0.6) is 5.75 Å². The Balaban J connectivity index is 1.50. The molecule has 1 fully saturated rings. The molecule has 4 rings (SSSR count). The molecule has 4 nitrogen and oxygen atoms in total. The second-order valence-corrected chi connectivity index (χ2v) is 7.44. The van der Waals surface area contributed by atoms with Crippen molar-refractivity contribution in [2.45, 2.75) is 31.9 Å². The molecule has 0 aromatic heterocycles. The summed E-state index contributed by atoms with van der Waals surface area (Å²) in [5, 5.41) is 12.6. The first-order valence-corrected chi connectivity index (χ1v) is 10.0. The van der Waals surface area contributed by atoms with E-state index in [-0.39, 0.29) is 6.42 Å². The van der Waals surface area contributed by atoms with Gasteiger partial charge in [0.05, 0.1) is 6.42 Å². The zero-order valence-electron chi connectivity index (χ0n) is 16.3. The van der Waals surface area contributed by atoms with Gasteiger partial charge in [0.2, 0.25) is 0 Å². The van der Waals surface area contributed by atoms with Crippen LogP contribution in [0.15, 0.2) is 72.8 Å². The summed E-state index contributed by atoms with van der Waals surface area (Å²) in [6.07, 6.45) is 2.37. The third-order valence-corrected chi connectivity index (χ3v) is 5.32. The smallest absolute Gasteiger partial charge is 0.307 e. The van der Waals surface area contributed by atoms with Gasteiger partial charge in [-0.15, -0.1) is 0 Å². The Morgan fingerprint density at radius 3 is 2.59 bits per heavy atom. The molecule has 0 amide bonds. The van der Waals surface area contributed by atoms with Gasteiger partial charge in [0.1, 0.15) is 12.4 Å². The highest BCUT2D eigenvalue weighted by Gasteiger charge is 2.16. The SMILES string of the molecule is O=C(O)Cc1ccccc1OCc1cccc(-c2cccc([C@@H]3CCCN3)c2)c1. The quantitative estimate of drug-likeness (QED) is 0.600. The summed E-state index contributed by atoms with van der Waals surface area (Å²) in [5.74, 6) is -0.241. The van der Waals surface area contributed by atoms with Crippen LogP contribution in [0.4, 0.5) is 0 Å². The fourth-order valence-corrected chi connectivity index (χ4v) is 3.86. The van der Waals surface area contributed by atoms with Crippen molar-refractivity contribution >= 4 is 5.97 Å². The van der Waals surface area contributed by atoms with Crippen LogP contribution < -0.4 is 10.1 Å². The van der Waals surface area contributed by atoms with E-state index < -0.39 is 5.97 Å². The molecule has 148 valence electrons. The highest BCUT2D eigenvalue weighted by atomic mass is 16.5. The summed E-state index contributed by atoms with van der Waals surface area (Å²) in [4.78, 5) is 11.1. The molecule has 0 radical (unpaired) electrons. The van der Waals surface area contributed by atoms with Crippen LogP contribution in [0.3, 0.4) is 0 Å². The molecule has 1 atom stereocenters. The van der Waals surface area contributed by atoms with E-state index in [1.165, 1.54) is 24.0 Å². The van der Waals surface area contributed by atoms with Gasteiger partial charge < -0.3 is 15.2 Å². The number of aliphatic carboxylic acids is 1. The predicted molar refractivity (Wildman–Crippen MR) is 114 cm³/mol. The molecule has 0 saturated carbocycles. The number of para-hydroxylation sites is 1. The molecule has 3 aromatic carbocycles. The summed E-state index contributed by atoms with van der Waals surface area (Å²) < 4.78 is 5.95. The Bertz CT molecular complexity index is 993. The summed E-state index contributed by atoms with van der Waals surface area (Å²) in [6, 6.07) is 24.8. The first kappa shape index (κ1) is 19.2. The Hall–Kier alpha value is -3.11. The third kappa shape index (κ3) is 4.84. The zero-order chi connectivity index (χ0) is 20.1. The van der Waals surface area contributed by atoms with Gasteiger partial charge in [-0.2, -0.15) is 0 Å². The van der Waals surface area contributed by atoms with Crippen LogP contribution in [0.1, 0.15) is 35.6 Å². The molecule has 1 aliphatic heterocycles. The highest BCUT2D eigenvalue weighted by Crippen LogP contribution is 2.28. The maximum Gasteiger partial charge on any atom is 0.307 e. The molecule has 0 bridgehead atoms. The number of hydrogen-bond acceptors (Lipinski definition) is 3. The molecule has 0 aliphatic carbocycles. The minimum atomic E-state index is -0.861. The summed E-state index contributed by atoms with van der Waals surface area (Å²) >= 11 is 0. The van der Waals surface area contributed by atoms with Crippen molar-refractivity contribution < 1.29 is 14.6 Å². The van der Waals surface area contributed by atoms with E-state index in [2.05, 4.69) is 41.7 Å². The number of carboxylic acids is 1. The number of carboxylic acid groups (broad SMARTS) is 1. The number of rotatable bonds is 7.